The number of hydrogen-bond donors (Lipinski definition) is 1. The number of likely N-dealkylation sites (tertiary alicyclic amines) is 1. The number of benzene rings is 1. The molecule has 0 saturated carbocycles. The minimum Gasteiger partial charge on any atom is -0.496 e. The summed E-state index contributed by atoms with van der Waals surface area (Å²) in [4.78, 5) is 2.34. The van der Waals surface area contributed by atoms with E-state index in [0.717, 1.165) is 30.7 Å². The largest absolute Gasteiger partial charge is 0.496 e. The second-order valence-electron chi connectivity index (χ2n) is 5.43. The molecule has 108 valence electrons. The van der Waals surface area contributed by atoms with E-state index < -0.39 is 0 Å². The third-order valence-electron chi connectivity index (χ3n) is 4.17. The number of methoxy groups -OCH3 is 1. The number of nitrogens with zero attached hydrogens (tertiary/aromatic N) is 2. The van der Waals surface area contributed by atoms with E-state index in [9.17, 15) is 5.11 Å². The molecule has 0 unspecified atom stereocenters. The van der Waals surface area contributed by atoms with Gasteiger partial charge in [-0.2, -0.15) is 5.26 Å². The Labute approximate surface area is 120 Å². The van der Waals surface area contributed by atoms with Crippen LogP contribution < -0.4 is 4.74 Å². The van der Waals surface area contributed by atoms with Gasteiger partial charge in [-0.1, -0.05) is 12.5 Å². The van der Waals surface area contributed by atoms with Crippen LogP contribution in [-0.4, -0.2) is 35.8 Å². The highest BCUT2D eigenvalue weighted by atomic mass is 16.5. The maximum atomic E-state index is 9.55. The lowest BCUT2D eigenvalue weighted by Crippen LogP contribution is -2.46. The fourth-order valence-corrected chi connectivity index (χ4v) is 2.96. The van der Waals surface area contributed by atoms with Crippen LogP contribution in [0.5, 0.6) is 5.75 Å². The summed E-state index contributed by atoms with van der Waals surface area (Å²) in [6.45, 7) is 3.15. The van der Waals surface area contributed by atoms with Gasteiger partial charge in [0.15, 0.2) is 0 Å². The average molecular weight is 274 g/mol. The van der Waals surface area contributed by atoms with Crippen molar-refractivity contribution in [2.45, 2.75) is 44.8 Å². The first-order valence-corrected chi connectivity index (χ1v) is 7.13. The van der Waals surface area contributed by atoms with Gasteiger partial charge in [-0.25, -0.2) is 0 Å². The number of rotatable bonds is 4. The predicted molar refractivity (Wildman–Crippen MR) is 77.4 cm³/mol. The molecule has 1 heterocycles. The van der Waals surface area contributed by atoms with E-state index >= 15 is 0 Å². The van der Waals surface area contributed by atoms with Crippen LogP contribution in [0.15, 0.2) is 18.2 Å². The molecule has 4 heteroatoms. The van der Waals surface area contributed by atoms with Gasteiger partial charge in [0.05, 0.1) is 25.3 Å². The van der Waals surface area contributed by atoms with Gasteiger partial charge in [0.25, 0.3) is 0 Å². The molecule has 1 aliphatic rings. The maximum absolute atomic E-state index is 9.55. The molecule has 1 N–H and O–H groups in total. The molecule has 0 bridgehead atoms. The normalized spacial score (nSPS) is 23.3. The highest BCUT2D eigenvalue weighted by Gasteiger charge is 2.27. The second kappa shape index (κ2) is 6.74. The summed E-state index contributed by atoms with van der Waals surface area (Å²) in [5.74, 6) is 0.749. The third-order valence-corrected chi connectivity index (χ3v) is 4.17. The molecule has 1 saturated heterocycles. The maximum Gasteiger partial charge on any atom is 0.124 e. The quantitative estimate of drug-likeness (QED) is 0.915. The van der Waals surface area contributed by atoms with Crippen LogP contribution in [0.1, 0.15) is 37.3 Å². The summed E-state index contributed by atoms with van der Waals surface area (Å²) in [6, 6.07) is 8.36. The SMILES string of the molecule is COc1cc(C#N)ccc1CN1[C@@H](CO)CCC[C@H]1C. The number of hydrogen-bond acceptors (Lipinski definition) is 4. The van der Waals surface area contributed by atoms with Crippen LogP contribution in [-0.2, 0) is 6.54 Å². The molecule has 1 aromatic carbocycles. The molecule has 1 aromatic rings. The Morgan fingerprint density at radius 2 is 2.25 bits per heavy atom. The van der Waals surface area contributed by atoms with Crippen LogP contribution in [0.4, 0.5) is 0 Å². The van der Waals surface area contributed by atoms with Gasteiger partial charge < -0.3 is 9.84 Å². The lowest BCUT2D eigenvalue weighted by atomic mass is 9.96. The zero-order valence-corrected chi connectivity index (χ0v) is 12.2. The topological polar surface area (TPSA) is 56.5 Å². The van der Waals surface area contributed by atoms with Crippen LogP contribution in [0, 0.1) is 11.3 Å². The molecule has 20 heavy (non-hydrogen) atoms. The Hall–Kier alpha value is -1.57. The summed E-state index contributed by atoms with van der Waals surface area (Å²) in [5, 5.41) is 18.5. The van der Waals surface area contributed by atoms with Crippen molar-refractivity contribution < 1.29 is 9.84 Å². The fraction of sp³-hybridized carbons (Fsp3) is 0.562. The molecule has 0 aromatic heterocycles. The molecule has 0 amide bonds. The van der Waals surface area contributed by atoms with Gasteiger partial charge >= 0.3 is 0 Å². The van der Waals surface area contributed by atoms with Gasteiger partial charge in [0.2, 0.25) is 0 Å². The van der Waals surface area contributed by atoms with E-state index in [-0.39, 0.29) is 12.6 Å². The smallest absolute Gasteiger partial charge is 0.124 e. The standard InChI is InChI=1S/C16H22N2O2/c1-12-4-3-5-15(11-19)18(12)10-14-7-6-13(9-17)8-16(14)20-2/h6-8,12,15,19H,3-5,10-11H2,1-2H3/t12-,15-/m1/s1. The van der Waals surface area contributed by atoms with Crippen molar-refractivity contribution in [3.05, 3.63) is 29.3 Å². The van der Waals surface area contributed by atoms with Gasteiger partial charge in [-0.05, 0) is 31.9 Å². The summed E-state index contributed by atoms with van der Waals surface area (Å²) in [6.07, 6.45) is 3.38. The van der Waals surface area contributed by atoms with Crippen LogP contribution in [0.3, 0.4) is 0 Å². The number of ether oxygens (including phenoxy) is 1. The van der Waals surface area contributed by atoms with Crippen LogP contribution >= 0.6 is 0 Å². The molecule has 2 rings (SSSR count). The van der Waals surface area contributed by atoms with E-state index in [1.165, 1.54) is 6.42 Å². The lowest BCUT2D eigenvalue weighted by molar-refractivity contribution is 0.0446. The second-order valence-corrected chi connectivity index (χ2v) is 5.43. The van der Waals surface area contributed by atoms with E-state index in [1.54, 1.807) is 13.2 Å². The average Bonchev–Trinajstić information content (AvgIpc) is 2.49. The summed E-state index contributed by atoms with van der Waals surface area (Å²) < 4.78 is 5.39. The van der Waals surface area contributed by atoms with Gasteiger partial charge in [-0.3, -0.25) is 4.90 Å². The highest BCUT2D eigenvalue weighted by molar-refractivity contribution is 5.42. The van der Waals surface area contributed by atoms with Crippen molar-refractivity contribution in [3.63, 3.8) is 0 Å². The lowest BCUT2D eigenvalue weighted by Gasteiger charge is -2.40. The third kappa shape index (κ3) is 3.12. The molecule has 1 fully saturated rings. The van der Waals surface area contributed by atoms with E-state index in [0.29, 0.717) is 11.6 Å². The van der Waals surface area contributed by atoms with Crippen molar-refractivity contribution in [2.75, 3.05) is 13.7 Å². The van der Waals surface area contributed by atoms with E-state index in [1.807, 2.05) is 12.1 Å². The van der Waals surface area contributed by atoms with Crippen molar-refractivity contribution >= 4 is 0 Å². The summed E-state index contributed by atoms with van der Waals surface area (Å²) >= 11 is 0. The van der Waals surface area contributed by atoms with E-state index in [4.69, 9.17) is 10.00 Å². The number of aliphatic hydroxyl groups excluding tert-OH is 1. The number of piperidine rings is 1. The van der Waals surface area contributed by atoms with Gasteiger partial charge in [0.1, 0.15) is 5.75 Å². The zero-order valence-electron chi connectivity index (χ0n) is 12.2. The number of nitriles is 1. The van der Waals surface area contributed by atoms with Crippen molar-refractivity contribution in [1.82, 2.24) is 4.90 Å². The van der Waals surface area contributed by atoms with Crippen LogP contribution in [0.2, 0.25) is 0 Å². The Bertz CT molecular complexity index is 496. The van der Waals surface area contributed by atoms with E-state index in [2.05, 4.69) is 17.9 Å². The Morgan fingerprint density at radius 3 is 2.90 bits per heavy atom. The first-order valence-electron chi connectivity index (χ1n) is 7.13. The molecular weight excluding hydrogens is 252 g/mol. The first-order chi connectivity index (χ1) is 9.69. The predicted octanol–water partition coefficient (Wildman–Crippen LogP) is 2.30. The zero-order chi connectivity index (χ0) is 14.5. The Morgan fingerprint density at radius 1 is 1.45 bits per heavy atom. The molecule has 1 aliphatic heterocycles. The summed E-state index contributed by atoms with van der Waals surface area (Å²) in [5.41, 5.74) is 1.68. The van der Waals surface area contributed by atoms with Gasteiger partial charge in [0, 0.05) is 24.2 Å². The fourth-order valence-electron chi connectivity index (χ4n) is 2.96. The van der Waals surface area contributed by atoms with Gasteiger partial charge in [-0.15, -0.1) is 0 Å². The molecule has 0 spiro atoms. The van der Waals surface area contributed by atoms with Crippen molar-refractivity contribution in [2.24, 2.45) is 0 Å². The highest BCUT2D eigenvalue weighted by Crippen LogP contribution is 2.28. The molecule has 0 aliphatic carbocycles. The minimum absolute atomic E-state index is 0.197. The molecule has 4 nitrogen and oxygen atoms in total. The van der Waals surface area contributed by atoms with Crippen molar-refractivity contribution in [1.29, 1.82) is 5.26 Å². The summed E-state index contributed by atoms with van der Waals surface area (Å²) in [7, 11) is 1.63. The first kappa shape index (κ1) is 14.8. The minimum atomic E-state index is 0.197. The Kier molecular flexibility index (Phi) is 4.99. The molecule has 0 radical (unpaired) electrons. The monoisotopic (exact) mass is 274 g/mol. The van der Waals surface area contributed by atoms with Crippen LogP contribution in [0.25, 0.3) is 0 Å². The Balaban J connectivity index is 2.21. The number of aliphatic hydroxyl groups is 1. The van der Waals surface area contributed by atoms with Crippen molar-refractivity contribution in [3.8, 4) is 11.8 Å². The molecule has 2 atom stereocenters. The molecular formula is C16H22N2O2.